The first-order chi connectivity index (χ1) is 9.63. The van der Waals surface area contributed by atoms with Crippen LogP contribution in [0.15, 0.2) is 46.9 Å². The van der Waals surface area contributed by atoms with E-state index >= 15 is 0 Å². The van der Waals surface area contributed by atoms with E-state index in [1.807, 2.05) is 12.1 Å². The van der Waals surface area contributed by atoms with Crippen molar-refractivity contribution in [3.63, 3.8) is 0 Å². The maximum atomic E-state index is 5.99. The van der Waals surface area contributed by atoms with Crippen molar-refractivity contribution in [1.82, 2.24) is 0 Å². The summed E-state index contributed by atoms with van der Waals surface area (Å²) in [6.45, 7) is 2.10. The van der Waals surface area contributed by atoms with Gasteiger partial charge in [-0.1, -0.05) is 45.7 Å². The van der Waals surface area contributed by atoms with Crippen molar-refractivity contribution < 1.29 is 0 Å². The van der Waals surface area contributed by atoms with Crippen LogP contribution in [0, 0.1) is 6.92 Å². The molecule has 1 fully saturated rings. The van der Waals surface area contributed by atoms with Crippen molar-refractivity contribution in [3.8, 4) is 0 Å². The Balaban J connectivity index is 1.62. The number of hydrogen-bond acceptors (Lipinski definition) is 1. The molecule has 3 heteroatoms. The third kappa shape index (κ3) is 2.87. The minimum Gasteiger partial charge on any atom is -0.382 e. The highest BCUT2D eigenvalue weighted by Gasteiger charge is 2.31. The molecule has 1 aliphatic rings. The van der Waals surface area contributed by atoms with Crippen molar-refractivity contribution in [2.75, 3.05) is 5.32 Å². The standard InChI is InChI=1S/C17H17BrClN/c1-11-8-13(19)6-7-17(11)20-14-9-12(10-14)15-4-2-3-5-16(15)18/h2-8,12,14,20H,9-10H2,1H3. The first-order valence-corrected chi connectivity index (χ1v) is 8.07. The van der Waals surface area contributed by atoms with E-state index in [2.05, 4.69) is 58.5 Å². The van der Waals surface area contributed by atoms with Gasteiger partial charge < -0.3 is 5.32 Å². The molecule has 0 atom stereocenters. The molecule has 0 spiro atoms. The number of aryl methyl sites for hydroxylation is 1. The van der Waals surface area contributed by atoms with Gasteiger partial charge in [0.1, 0.15) is 0 Å². The highest BCUT2D eigenvalue weighted by Crippen LogP contribution is 2.41. The highest BCUT2D eigenvalue weighted by molar-refractivity contribution is 9.10. The second kappa shape index (κ2) is 5.79. The fourth-order valence-electron chi connectivity index (χ4n) is 2.80. The van der Waals surface area contributed by atoms with Crippen LogP contribution in [0.1, 0.15) is 29.9 Å². The molecule has 0 radical (unpaired) electrons. The van der Waals surface area contributed by atoms with Crippen molar-refractivity contribution >= 4 is 33.2 Å². The quantitative estimate of drug-likeness (QED) is 0.741. The van der Waals surface area contributed by atoms with Gasteiger partial charge in [0, 0.05) is 21.2 Å². The number of nitrogens with one attached hydrogen (secondary N) is 1. The third-order valence-corrected chi connectivity index (χ3v) is 4.99. The summed E-state index contributed by atoms with van der Waals surface area (Å²) in [6, 6.07) is 15.1. The van der Waals surface area contributed by atoms with Gasteiger partial charge in [0.05, 0.1) is 0 Å². The van der Waals surface area contributed by atoms with Crippen LogP contribution in [0.4, 0.5) is 5.69 Å². The Labute approximate surface area is 133 Å². The van der Waals surface area contributed by atoms with Gasteiger partial charge in [-0.3, -0.25) is 0 Å². The second-order valence-electron chi connectivity index (χ2n) is 5.49. The maximum absolute atomic E-state index is 5.99. The van der Waals surface area contributed by atoms with Crippen LogP contribution in [-0.4, -0.2) is 6.04 Å². The van der Waals surface area contributed by atoms with E-state index in [1.54, 1.807) is 0 Å². The first-order valence-electron chi connectivity index (χ1n) is 6.90. The van der Waals surface area contributed by atoms with E-state index in [0.29, 0.717) is 12.0 Å². The molecule has 0 aliphatic heterocycles. The summed E-state index contributed by atoms with van der Waals surface area (Å²) in [5, 5.41) is 4.42. The van der Waals surface area contributed by atoms with Gasteiger partial charge >= 0.3 is 0 Å². The molecule has 3 rings (SSSR count). The molecule has 1 N–H and O–H groups in total. The third-order valence-electron chi connectivity index (χ3n) is 4.03. The zero-order valence-electron chi connectivity index (χ0n) is 11.4. The number of anilines is 1. The molecule has 0 unspecified atom stereocenters. The van der Waals surface area contributed by atoms with Crippen LogP contribution in [-0.2, 0) is 0 Å². The lowest BCUT2D eigenvalue weighted by Crippen LogP contribution is -2.34. The Hall–Kier alpha value is -0.990. The van der Waals surface area contributed by atoms with Crippen molar-refractivity contribution in [3.05, 3.63) is 63.1 Å². The lowest BCUT2D eigenvalue weighted by atomic mass is 9.76. The number of hydrogen-bond donors (Lipinski definition) is 1. The minimum atomic E-state index is 0.562. The fraction of sp³-hybridized carbons (Fsp3) is 0.294. The molecule has 0 amide bonds. The Kier molecular flexibility index (Phi) is 4.04. The van der Waals surface area contributed by atoms with Crippen LogP contribution >= 0.6 is 27.5 Å². The molecular formula is C17H17BrClN. The van der Waals surface area contributed by atoms with Gasteiger partial charge in [0.25, 0.3) is 0 Å². The van der Waals surface area contributed by atoms with E-state index in [1.165, 1.54) is 34.1 Å². The highest BCUT2D eigenvalue weighted by atomic mass is 79.9. The van der Waals surface area contributed by atoms with E-state index in [0.717, 1.165) is 5.02 Å². The molecule has 0 aromatic heterocycles. The summed E-state index contributed by atoms with van der Waals surface area (Å²) in [5.74, 6) is 0.663. The molecular weight excluding hydrogens is 334 g/mol. The molecule has 104 valence electrons. The van der Waals surface area contributed by atoms with E-state index in [4.69, 9.17) is 11.6 Å². The smallest absolute Gasteiger partial charge is 0.0410 e. The summed E-state index contributed by atoms with van der Waals surface area (Å²) >= 11 is 9.63. The second-order valence-corrected chi connectivity index (χ2v) is 6.78. The van der Waals surface area contributed by atoms with Gasteiger partial charge in [0.2, 0.25) is 0 Å². The lowest BCUT2D eigenvalue weighted by Gasteiger charge is -2.37. The normalized spacial score (nSPS) is 21.4. The fourth-order valence-corrected chi connectivity index (χ4v) is 3.64. The summed E-state index contributed by atoms with van der Waals surface area (Å²) in [4.78, 5) is 0. The molecule has 2 aromatic rings. The van der Waals surface area contributed by atoms with E-state index < -0.39 is 0 Å². The molecule has 1 saturated carbocycles. The summed E-state index contributed by atoms with van der Waals surface area (Å²) in [5.41, 5.74) is 3.84. The average molecular weight is 351 g/mol. The predicted molar refractivity (Wildman–Crippen MR) is 89.7 cm³/mol. The zero-order chi connectivity index (χ0) is 14.1. The summed E-state index contributed by atoms with van der Waals surface area (Å²) in [6.07, 6.45) is 2.37. The molecule has 1 aliphatic carbocycles. The SMILES string of the molecule is Cc1cc(Cl)ccc1NC1CC(c2ccccc2Br)C1. The van der Waals surface area contributed by atoms with Crippen LogP contribution in [0.3, 0.4) is 0 Å². The van der Waals surface area contributed by atoms with Crippen molar-refractivity contribution in [2.24, 2.45) is 0 Å². The number of rotatable bonds is 3. The number of benzene rings is 2. The largest absolute Gasteiger partial charge is 0.382 e. The monoisotopic (exact) mass is 349 g/mol. The van der Waals surface area contributed by atoms with Gasteiger partial charge in [-0.2, -0.15) is 0 Å². The lowest BCUT2D eigenvalue weighted by molar-refractivity contribution is 0.373. The van der Waals surface area contributed by atoms with Crippen molar-refractivity contribution in [1.29, 1.82) is 0 Å². The van der Waals surface area contributed by atoms with Gasteiger partial charge in [-0.05, 0) is 61.1 Å². The number of halogens is 2. The molecule has 20 heavy (non-hydrogen) atoms. The van der Waals surface area contributed by atoms with E-state index in [-0.39, 0.29) is 0 Å². The van der Waals surface area contributed by atoms with Gasteiger partial charge in [-0.15, -0.1) is 0 Å². The minimum absolute atomic E-state index is 0.562. The van der Waals surface area contributed by atoms with Crippen LogP contribution in [0.2, 0.25) is 5.02 Å². The summed E-state index contributed by atoms with van der Waals surface area (Å²) in [7, 11) is 0. The summed E-state index contributed by atoms with van der Waals surface area (Å²) < 4.78 is 1.23. The van der Waals surface area contributed by atoms with Crippen molar-refractivity contribution in [2.45, 2.75) is 31.7 Å². The molecule has 0 heterocycles. The van der Waals surface area contributed by atoms with E-state index in [9.17, 15) is 0 Å². The Morgan fingerprint density at radius 2 is 1.90 bits per heavy atom. The topological polar surface area (TPSA) is 12.0 Å². The Bertz CT molecular complexity index is 620. The molecule has 2 aromatic carbocycles. The van der Waals surface area contributed by atoms with Crippen LogP contribution in [0.25, 0.3) is 0 Å². The first kappa shape index (κ1) is 14.0. The predicted octanol–water partition coefficient (Wildman–Crippen LogP) is 5.77. The van der Waals surface area contributed by atoms with Gasteiger partial charge in [-0.25, -0.2) is 0 Å². The molecule has 0 saturated heterocycles. The molecule has 0 bridgehead atoms. The van der Waals surface area contributed by atoms with Crippen LogP contribution in [0.5, 0.6) is 0 Å². The average Bonchev–Trinajstić information content (AvgIpc) is 2.37. The Morgan fingerprint density at radius 1 is 1.15 bits per heavy atom. The van der Waals surface area contributed by atoms with Gasteiger partial charge in [0.15, 0.2) is 0 Å². The molecule has 1 nitrogen and oxygen atoms in total. The van der Waals surface area contributed by atoms with Crippen LogP contribution < -0.4 is 5.32 Å². The maximum Gasteiger partial charge on any atom is 0.0410 e. The Morgan fingerprint density at radius 3 is 2.60 bits per heavy atom. The zero-order valence-corrected chi connectivity index (χ0v) is 13.7.